The molecule has 0 fully saturated rings. The number of pyridine rings is 1. The van der Waals surface area contributed by atoms with Gasteiger partial charge < -0.3 is 9.57 Å². The van der Waals surface area contributed by atoms with Gasteiger partial charge in [0.15, 0.2) is 17.2 Å². The molecule has 0 N–H and O–H groups in total. The van der Waals surface area contributed by atoms with E-state index in [0.29, 0.717) is 15.3 Å². The zero-order valence-electron chi connectivity index (χ0n) is 16.3. The van der Waals surface area contributed by atoms with E-state index < -0.39 is 29.2 Å². The lowest BCUT2D eigenvalue weighted by molar-refractivity contribution is -0.141. The molecule has 6 nitrogen and oxygen atoms in total. The number of ether oxygens (including phenoxy) is 1. The van der Waals surface area contributed by atoms with Crippen molar-refractivity contribution >= 4 is 32.6 Å². The van der Waals surface area contributed by atoms with Crippen molar-refractivity contribution in [2.45, 2.75) is 6.18 Å². The Hall–Kier alpha value is -3.73. The summed E-state index contributed by atoms with van der Waals surface area (Å²) < 4.78 is 59.8. The highest BCUT2D eigenvalue weighted by molar-refractivity contribution is 7.22. The SMILES string of the molecule is COc1cc(F)ccc1ON(C(=O)c1cccnc1C(F)(F)F)c1nc2ccccc2s1. The normalized spacial score (nSPS) is 11.4. The number of benzene rings is 2. The quantitative estimate of drug-likeness (QED) is 0.289. The van der Waals surface area contributed by atoms with Crippen LogP contribution in [0.4, 0.5) is 22.7 Å². The molecule has 1 amide bonds. The van der Waals surface area contributed by atoms with E-state index in [4.69, 9.17) is 9.57 Å². The molecule has 0 radical (unpaired) electrons. The van der Waals surface area contributed by atoms with E-state index in [0.717, 1.165) is 35.7 Å². The third-order valence-electron chi connectivity index (χ3n) is 4.26. The number of thiazole rings is 1. The summed E-state index contributed by atoms with van der Waals surface area (Å²) in [5, 5.41) is 0.590. The number of hydrogen-bond donors (Lipinski definition) is 0. The van der Waals surface area contributed by atoms with Gasteiger partial charge in [0.25, 0.3) is 5.91 Å². The lowest BCUT2D eigenvalue weighted by Crippen LogP contribution is -2.36. The molecule has 0 aliphatic rings. The van der Waals surface area contributed by atoms with E-state index in [2.05, 4.69) is 9.97 Å². The second-order valence-electron chi connectivity index (χ2n) is 6.35. The summed E-state index contributed by atoms with van der Waals surface area (Å²) in [6.45, 7) is 0. The Labute approximate surface area is 182 Å². The average Bonchev–Trinajstić information content (AvgIpc) is 3.21. The number of hydrogen-bond acceptors (Lipinski definition) is 6. The number of rotatable bonds is 5. The van der Waals surface area contributed by atoms with Crippen LogP contribution in [0.2, 0.25) is 0 Å². The van der Waals surface area contributed by atoms with Crippen LogP contribution in [-0.2, 0) is 6.18 Å². The van der Waals surface area contributed by atoms with Crippen molar-refractivity contribution in [1.82, 2.24) is 9.97 Å². The Bertz CT molecular complexity index is 1260. The van der Waals surface area contributed by atoms with Gasteiger partial charge in [-0.25, -0.2) is 9.37 Å². The molecular formula is C21H13F4N3O3S. The van der Waals surface area contributed by atoms with Crippen LogP contribution in [0, 0.1) is 5.82 Å². The molecule has 32 heavy (non-hydrogen) atoms. The molecule has 4 aromatic rings. The average molecular weight is 463 g/mol. The van der Waals surface area contributed by atoms with Gasteiger partial charge in [0, 0.05) is 12.3 Å². The molecule has 11 heteroatoms. The highest BCUT2D eigenvalue weighted by Gasteiger charge is 2.39. The van der Waals surface area contributed by atoms with Crippen LogP contribution < -0.4 is 14.6 Å². The monoisotopic (exact) mass is 463 g/mol. The van der Waals surface area contributed by atoms with Crippen molar-refractivity contribution in [3.05, 3.63) is 77.9 Å². The minimum atomic E-state index is -4.88. The fourth-order valence-corrected chi connectivity index (χ4v) is 3.75. The first-order valence-corrected chi connectivity index (χ1v) is 9.83. The van der Waals surface area contributed by atoms with E-state index >= 15 is 0 Å². The molecule has 0 saturated heterocycles. The summed E-state index contributed by atoms with van der Waals surface area (Å²) in [5.41, 5.74) is -1.59. The maximum Gasteiger partial charge on any atom is 0.434 e. The van der Waals surface area contributed by atoms with Crippen LogP contribution in [0.25, 0.3) is 10.2 Å². The first-order valence-electron chi connectivity index (χ1n) is 9.01. The van der Waals surface area contributed by atoms with Crippen molar-refractivity contribution in [3.8, 4) is 11.5 Å². The van der Waals surface area contributed by atoms with E-state index in [9.17, 15) is 22.4 Å². The predicted molar refractivity (Wildman–Crippen MR) is 109 cm³/mol. The molecule has 4 rings (SSSR count). The van der Waals surface area contributed by atoms with Crippen molar-refractivity contribution in [2.75, 3.05) is 12.2 Å². The van der Waals surface area contributed by atoms with Crippen LogP contribution in [-0.4, -0.2) is 23.0 Å². The van der Waals surface area contributed by atoms with Gasteiger partial charge in [-0.15, -0.1) is 5.06 Å². The second kappa shape index (κ2) is 8.42. The fourth-order valence-electron chi connectivity index (χ4n) is 2.84. The molecule has 2 aromatic carbocycles. The molecule has 164 valence electrons. The predicted octanol–water partition coefficient (Wildman–Crippen LogP) is 5.50. The van der Waals surface area contributed by atoms with Crippen LogP contribution in [0.3, 0.4) is 0 Å². The zero-order valence-corrected chi connectivity index (χ0v) is 17.1. The third kappa shape index (κ3) is 4.19. The maximum absolute atomic E-state index is 13.6. The summed E-state index contributed by atoms with van der Waals surface area (Å²) in [5.74, 6) is -1.94. The summed E-state index contributed by atoms with van der Waals surface area (Å²) in [6, 6.07) is 12.4. The van der Waals surface area contributed by atoms with E-state index in [1.54, 1.807) is 24.3 Å². The van der Waals surface area contributed by atoms with Gasteiger partial charge in [-0.3, -0.25) is 9.78 Å². The van der Waals surface area contributed by atoms with Crippen molar-refractivity contribution in [3.63, 3.8) is 0 Å². The Morgan fingerprint density at radius 2 is 1.84 bits per heavy atom. The summed E-state index contributed by atoms with van der Waals surface area (Å²) in [4.78, 5) is 26.5. The third-order valence-corrected chi connectivity index (χ3v) is 5.27. The molecule has 0 atom stereocenters. The minimum Gasteiger partial charge on any atom is -0.493 e. The van der Waals surface area contributed by atoms with Gasteiger partial charge in [0.2, 0.25) is 5.13 Å². The molecule has 2 heterocycles. The second-order valence-corrected chi connectivity index (χ2v) is 7.36. The number of fused-ring (bicyclic) bond motifs is 1. The number of hydroxylamine groups is 1. The zero-order chi connectivity index (χ0) is 22.9. The largest absolute Gasteiger partial charge is 0.493 e. The van der Waals surface area contributed by atoms with Gasteiger partial charge in [0.1, 0.15) is 5.82 Å². The first-order chi connectivity index (χ1) is 15.3. The van der Waals surface area contributed by atoms with E-state index in [1.165, 1.54) is 19.2 Å². The minimum absolute atomic E-state index is 0.0282. The lowest BCUT2D eigenvalue weighted by atomic mass is 10.1. The van der Waals surface area contributed by atoms with Crippen LogP contribution >= 0.6 is 11.3 Å². The number of para-hydroxylation sites is 1. The number of carbonyl (C=O) groups excluding carboxylic acids is 1. The maximum atomic E-state index is 13.6. The van der Waals surface area contributed by atoms with Crippen molar-refractivity contribution in [2.24, 2.45) is 0 Å². The van der Waals surface area contributed by atoms with Gasteiger partial charge in [-0.05, 0) is 36.4 Å². The Morgan fingerprint density at radius 3 is 2.56 bits per heavy atom. The number of amides is 1. The first kappa shape index (κ1) is 21.5. The number of aromatic nitrogens is 2. The summed E-state index contributed by atoms with van der Waals surface area (Å²) in [7, 11) is 1.26. The molecule has 0 bridgehead atoms. The summed E-state index contributed by atoms with van der Waals surface area (Å²) in [6.07, 6.45) is -3.94. The molecule has 0 saturated carbocycles. The number of nitrogens with zero attached hydrogens (tertiary/aromatic N) is 3. The smallest absolute Gasteiger partial charge is 0.434 e. The van der Waals surface area contributed by atoms with Crippen molar-refractivity contribution in [1.29, 1.82) is 0 Å². The number of anilines is 1. The van der Waals surface area contributed by atoms with Gasteiger partial charge in [-0.2, -0.15) is 13.2 Å². The van der Waals surface area contributed by atoms with Crippen LogP contribution in [0.1, 0.15) is 16.1 Å². The van der Waals surface area contributed by atoms with Crippen molar-refractivity contribution < 1.29 is 31.9 Å². The number of methoxy groups -OCH3 is 1. The number of carbonyl (C=O) groups is 1. The Morgan fingerprint density at radius 1 is 1.06 bits per heavy atom. The molecule has 0 unspecified atom stereocenters. The number of alkyl halides is 3. The van der Waals surface area contributed by atoms with Crippen LogP contribution in [0.15, 0.2) is 60.8 Å². The topological polar surface area (TPSA) is 64.6 Å². The van der Waals surface area contributed by atoms with E-state index in [1.807, 2.05) is 0 Å². The number of halogens is 4. The molecule has 2 aromatic heterocycles. The van der Waals surface area contributed by atoms with Crippen LogP contribution in [0.5, 0.6) is 11.5 Å². The van der Waals surface area contributed by atoms with Gasteiger partial charge in [0.05, 0.1) is 22.9 Å². The standard InChI is InChI=1S/C21H13F4N3O3S/c1-30-16-11-12(22)8-9-15(16)31-28(20-27-14-6-2-3-7-17(14)32-20)19(29)13-5-4-10-26-18(13)21(23,24)25/h2-11H,1H3. The summed E-state index contributed by atoms with van der Waals surface area (Å²) >= 11 is 1.03. The molecule has 0 aliphatic carbocycles. The Balaban J connectivity index is 1.84. The molecular weight excluding hydrogens is 450 g/mol. The van der Waals surface area contributed by atoms with Gasteiger partial charge in [-0.1, -0.05) is 23.5 Å². The molecule has 0 spiro atoms. The lowest BCUT2D eigenvalue weighted by Gasteiger charge is -2.22. The molecule has 0 aliphatic heterocycles. The van der Waals surface area contributed by atoms with E-state index in [-0.39, 0.29) is 16.6 Å². The highest BCUT2D eigenvalue weighted by Crippen LogP contribution is 2.36. The highest BCUT2D eigenvalue weighted by atomic mass is 32.1. The fraction of sp³-hybridized carbons (Fsp3) is 0.0952. The van der Waals surface area contributed by atoms with Gasteiger partial charge >= 0.3 is 6.18 Å². The Kier molecular flexibility index (Phi) is 5.66.